The standard InChI is InChI=1S/C20H23N5O2/c1-14-12-15(2)25-19(22-14)16(13-21-25)20(26)24-10-8-23(9-11-24)17-6-4-5-7-18(17)27-3/h4-7,12-13H,8-11H2,1-3H3. The van der Waals surface area contributed by atoms with Gasteiger partial charge in [0.2, 0.25) is 0 Å². The van der Waals surface area contributed by atoms with Crippen molar-refractivity contribution in [2.75, 3.05) is 38.2 Å². The molecule has 2 aromatic heterocycles. The molecule has 4 rings (SSSR count). The molecular formula is C20H23N5O2. The molecule has 3 aromatic rings. The van der Waals surface area contributed by atoms with Crippen molar-refractivity contribution in [1.82, 2.24) is 19.5 Å². The Hall–Kier alpha value is -3.09. The van der Waals surface area contributed by atoms with Crippen LogP contribution in [0.2, 0.25) is 0 Å². The molecule has 3 heterocycles. The molecule has 0 spiro atoms. The summed E-state index contributed by atoms with van der Waals surface area (Å²) in [6.45, 7) is 6.72. The summed E-state index contributed by atoms with van der Waals surface area (Å²) in [7, 11) is 1.68. The monoisotopic (exact) mass is 365 g/mol. The number of aromatic nitrogens is 3. The van der Waals surface area contributed by atoms with Crippen molar-refractivity contribution in [3.8, 4) is 5.75 Å². The van der Waals surface area contributed by atoms with Crippen molar-refractivity contribution < 1.29 is 9.53 Å². The van der Waals surface area contributed by atoms with E-state index in [-0.39, 0.29) is 5.91 Å². The van der Waals surface area contributed by atoms with Crippen LogP contribution in [-0.4, -0.2) is 58.7 Å². The fourth-order valence-electron chi connectivity index (χ4n) is 3.63. The number of para-hydroxylation sites is 2. The van der Waals surface area contributed by atoms with E-state index in [2.05, 4.69) is 21.0 Å². The largest absolute Gasteiger partial charge is 0.495 e. The lowest BCUT2D eigenvalue weighted by Gasteiger charge is -2.36. The van der Waals surface area contributed by atoms with Crippen LogP contribution in [0.3, 0.4) is 0 Å². The number of anilines is 1. The number of carbonyl (C=O) groups is 1. The van der Waals surface area contributed by atoms with Crippen LogP contribution in [-0.2, 0) is 0 Å². The molecule has 0 aliphatic carbocycles. The lowest BCUT2D eigenvalue weighted by atomic mass is 10.2. The van der Waals surface area contributed by atoms with Crippen LogP contribution in [0.4, 0.5) is 5.69 Å². The molecule has 0 atom stereocenters. The van der Waals surface area contributed by atoms with Gasteiger partial charge < -0.3 is 14.5 Å². The van der Waals surface area contributed by atoms with Gasteiger partial charge in [0.15, 0.2) is 5.65 Å². The van der Waals surface area contributed by atoms with Gasteiger partial charge in [-0.1, -0.05) is 12.1 Å². The zero-order chi connectivity index (χ0) is 19.0. The number of hydrogen-bond acceptors (Lipinski definition) is 5. The molecular weight excluding hydrogens is 342 g/mol. The van der Waals surface area contributed by atoms with Crippen molar-refractivity contribution in [3.63, 3.8) is 0 Å². The summed E-state index contributed by atoms with van der Waals surface area (Å²) >= 11 is 0. The van der Waals surface area contributed by atoms with E-state index in [4.69, 9.17) is 4.74 Å². The number of benzene rings is 1. The second-order valence-corrected chi connectivity index (χ2v) is 6.78. The van der Waals surface area contributed by atoms with E-state index in [0.29, 0.717) is 24.3 Å². The van der Waals surface area contributed by atoms with Crippen LogP contribution >= 0.6 is 0 Å². The predicted octanol–water partition coefficient (Wildman–Crippen LogP) is 2.32. The molecule has 1 saturated heterocycles. The first-order valence-electron chi connectivity index (χ1n) is 9.07. The van der Waals surface area contributed by atoms with Crippen LogP contribution in [0, 0.1) is 13.8 Å². The van der Waals surface area contributed by atoms with Crippen molar-refractivity contribution in [2.45, 2.75) is 13.8 Å². The van der Waals surface area contributed by atoms with E-state index in [9.17, 15) is 4.79 Å². The van der Waals surface area contributed by atoms with E-state index < -0.39 is 0 Å². The maximum Gasteiger partial charge on any atom is 0.259 e. The maximum atomic E-state index is 13.1. The Balaban J connectivity index is 1.53. The van der Waals surface area contributed by atoms with Gasteiger partial charge in [0.25, 0.3) is 5.91 Å². The van der Waals surface area contributed by atoms with Gasteiger partial charge in [0.05, 0.1) is 19.0 Å². The lowest BCUT2D eigenvalue weighted by molar-refractivity contribution is 0.0748. The number of piperazine rings is 1. The number of aryl methyl sites for hydroxylation is 2. The van der Waals surface area contributed by atoms with Crippen LogP contribution in [0.5, 0.6) is 5.75 Å². The van der Waals surface area contributed by atoms with Crippen molar-refractivity contribution >= 4 is 17.2 Å². The average Bonchev–Trinajstić information content (AvgIpc) is 3.11. The highest BCUT2D eigenvalue weighted by atomic mass is 16.5. The first-order chi connectivity index (χ1) is 13.1. The van der Waals surface area contributed by atoms with Crippen LogP contribution in [0.15, 0.2) is 36.5 Å². The smallest absolute Gasteiger partial charge is 0.259 e. The summed E-state index contributed by atoms with van der Waals surface area (Å²) in [5, 5.41) is 4.34. The number of hydrogen-bond donors (Lipinski definition) is 0. The van der Waals surface area contributed by atoms with E-state index >= 15 is 0 Å². The van der Waals surface area contributed by atoms with E-state index in [1.54, 1.807) is 17.8 Å². The molecule has 1 aliphatic rings. The number of carbonyl (C=O) groups excluding carboxylic acids is 1. The molecule has 7 heteroatoms. The normalized spacial score (nSPS) is 14.6. The zero-order valence-corrected chi connectivity index (χ0v) is 15.8. The number of rotatable bonds is 3. The molecule has 27 heavy (non-hydrogen) atoms. The molecule has 1 amide bonds. The van der Waals surface area contributed by atoms with Crippen molar-refractivity contribution in [2.24, 2.45) is 0 Å². The van der Waals surface area contributed by atoms with Gasteiger partial charge in [-0.25, -0.2) is 9.50 Å². The summed E-state index contributed by atoms with van der Waals surface area (Å²) in [5.74, 6) is 0.845. The van der Waals surface area contributed by atoms with Gasteiger partial charge in [0, 0.05) is 37.6 Å². The molecule has 140 valence electrons. The Kier molecular flexibility index (Phi) is 4.43. The summed E-state index contributed by atoms with van der Waals surface area (Å²) < 4.78 is 7.19. The van der Waals surface area contributed by atoms with Gasteiger partial charge in [-0.15, -0.1) is 0 Å². The van der Waals surface area contributed by atoms with Gasteiger partial charge in [-0.05, 0) is 32.0 Å². The number of fused-ring (bicyclic) bond motifs is 1. The maximum absolute atomic E-state index is 13.1. The topological polar surface area (TPSA) is 63.0 Å². The highest BCUT2D eigenvalue weighted by Gasteiger charge is 2.26. The van der Waals surface area contributed by atoms with E-state index in [1.165, 1.54) is 0 Å². The summed E-state index contributed by atoms with van der Waals surface area (Å²) in [6.07, 6.45) is 1.63. The Morgan fingerprint density at radius 1 is 1.11 bits per heavy atom. The third-order valence-electron chi connectivity index (χ3n) is 5.00. The van der Waals surface area contributed by atoms with Gasteiger partial charge in [0.1, 0.15) is 11.3 Å². The quantitative estimate of drug-likeness (QED) is 0.713. The second kappa shape index (κ2) is 6.90. The highest BCUT2D eigenvalue weighted by Crippen LogP contribution is 2.28. The molecule has 0 N–H and O–H groups in total. The highest BCUT2D eigenvalue weighted by molar-refractivity contribution is 5.99. The van der Waals surface area contributed by atoms with Gasteiger partial charge >= 0.3 is 0 Å². The molecule has 0 unspecified atom stereocenters. The first kappa shape index (κ1) is 17.3. The molecule has 7 nitrogen and oxygen atoms in total. The van der Waals surface area contributed by atoms with Gasteiger partial charge in [-0.2, -0.15) is 5.10 Å². The SMILES string of the molecule is COc1ccccc1N1CCN(C(=O)c2cnn3c(C)cc(C)nc23)CC1. The Bertz CT molecular complexity index is 989. The molecule has 1 aliphatic heterocycles. The Labute approximate surface area is 158 Å². The predicted molar refractivity (Wildman–Crippen MR) is 104 cm³/mol. The Morgan fingerprint density at radius 2 is 1.85 bits per heavy atom. The number of nitrogens with zero attached hydrogens (tertiary/aromatic N) is 5. The summed E-state index contributed by atoms with van der Waals surface area (Å²) in [6, 6.07) is 9.94. The first-order valence-corrected chi connectivity index (χ1v) is 9.07. The minimum absolute atomic E-state index is 0.0119. The van der Waals surface area contributed by atoms with E-state index in [0.717, 1.165) is 35.9 Å². The third kappa shape index (κ3) is 3.09. The van der Waals surface area contributed by atoms with Crippen molar-refractivity contribution in [3.05, 3.63) is 53.5 Å². The summed E-state index contributed by atoms with van der Waals surface area (Å²) in [5.41, 5.74) is 4.11. The summed E-state index contributed by atoms with van der Waals surface area (Å²) in [4.78, 5) is 21.7. The average molecular weight is 365 g/mol. The van der Waals surface area contributed by atoms with Crippen LogP contribution < -0.4 is 9.64 Å². The number of ether oxygens (including phenoxy) is 1. The fourth-order valence-corrected chi connectivity index (χ4v) is 3.63. The Morgan fingerprint density at radius 3 is 2.59 bits per heavy atom. The number of methoxy groups -OCH3 is 1. The zero-order valence-electron chi connectivity index (χ0n) is 15.8. The van der Waals surface area contributed by atoms with E-state index in [1.807, 2.05) is 43.0 Å². The second-order valence-electron chi connectivity index (χ2n) is 6.78. The minimum atomic E-state index is -0.0119. The molecule has 0 bridgehead atoms. The minimum Gasteiger partial charge on any atom is -0.495 e. The molecule has 1 fully saturated rings. The molecule has 1 aromatic carbocycles. The lowest BCUT2D eigenvalue weighted by Crippen LogP contribution is -2.48. The molecule has 0 saturated carbocycles. The van der Waals surface area contributed by atoms with Crippen molar-refractivity contribution in [1.29, 1.82) is 0 Å². The molecule has 0 radical (unpaired) electrons. The van der Waals surface area contributed by atoms with Crippen LogP contribution in [0.1, 0.15) is 21.7 Å². The van der Waals surface area contributed by atoms with Crippen LogP contribution in [0.25, 0.3) is 5.65 Å². The fraction of sp³-hybridized carbons (Fsp3) is 0.350. The van der Waals surface area contributed by atoms with Gasteiger partial charge in [-0.3, -0.25) is 4.79 Å². The number of amides is 1. The third-order valence-corrected chi connectivity index (χ3v) is 5.00.